The first-order valence-electron chi connectivity index (χ1n) is 6.59. The van der Waals surface area contributed by atoms with Crippen molar-refractivity contribution in [3.63, 3.8) is 0 Å². The van der Waals surface area contributed by atoms with Crippen molar-refractivity contribution in [2.75, 3.05) is 26.2 Å². The Morgan fingerprint density at radius 3 is 2.67 bits per heavy atom. The number of rotatable bonds is 5. The van der Waals surface area contributed by atoms with Crippen molar-refractivity contribution in [1.82, 2.24) is 10.2 Å². The fourth-order valence-corrected chi connectivity index (χ4v) is 2.44. The fourth-order valence-electron chi connectivity index (χ4n) is 2.44. The van der Waals surface area contributed by atoms with Crippen molar-refractivity contribution in [3.05, 3.63) is 0 Å². The third-order valence-electron chi connectivity index (χ3n) is 3.48. The Morgan fingerprint density at radius 2 is 2.13 bits per heavy atom. The molecule has 1 aliphatic heterocycles. The highest BCUT2D eigenvalue weighted by Gasteiger charge is 2.24. The van der Waals surface area contributed by atoms with Gasteiger partial charge in [-0.25, -0.2) is 0 Å². The van der Waals surface area contributed by atoms with Crippen LogP contribution in [0.25, 0.3) is 0 Å². The van der Waals surface area contributed by atoms with Crippen LogP contribution in [0.2, 0.25) is 0 Å². The Hall–Kier alpha value is -0.0800. The number of hydrogen-bond donors (Lipinski definition) is 1. The van der Waals surface area contributed by atoms with Gasteiger partial charge in [0.05, 0.1) is 0 Å². The zero-order valence-corrected chi connectivity index (χ0v) is 10.9. The van der Waals surface area contributed by atoms with E-state index in [1.54, 1.807) is 0 Å². The lowest BCUT2D eigenvalue weighted by Gasteiger charge is -2.37. The summed E-state index contributed by atoms with van der Waals surface area (Å²) in [7, 11) is 0. The molecule has 0 aromatic rings. The first-order valence-corrected chi connectivity index (χ1v) is 6.59. The summed E-state index contributed by atoms with van der Waals surface area (Å²) >= 11 is 0. The molecule has 0 spiro atoms. The second kappa shape index (κ2) is 6.49. The second-order valence-electron chi connectivity index (χ2n) is 5.41. The highest BCUT2D eigenvalue weighted by Crippen LogP contribution is 2.17. The molecule has 2 atom stereocenters. The molecule has 0 amide bonds. The zero-order valence-electron chi connectivity index (χ0n) is 10.9. The zero-order chi connectivity index (χ0) is 11.3. The summed E-state index contributed by atoms with van der Waals surface area (Å²) in [6.07, 6.45) is 2.67. The predicted octanol–water partition coefficient (Wildman–Crippen LogP) is 2.35. The van der Waals surface area contributed by atoms with Gasteiger partial charge >= 0.3 is 0 Å². The van der Waals surface area contributed by atoms with Crippen LogP contribution < -0.4 is 5.32 Å². The molecule has 1 rings (SSSR count). The Labute approximate surface area is 95.4 Å². The molecule has 2 nitrogen and oxygen atoms in total. The van der Waals surface area contributed by atoms with E-state index in [-0.39, 0.29) is 0 Å². The number of hydrogen-bond acceptors (Lipinski definition) is 2. The van der Waals surface area contributed by atoms with Gasteiger partial charge in [-0.05, 0) is 44.3 Å². The fraction of sp³-hybridized carbons (Fsp3) is 1.00. The van der Waals surface area contributed by atoms with Crippen LogP contribution >= 0.6 is 0 Å². The number of nitrogens with zero attached hydrogens (tertiary/aromatic N) is 1. The maximum absolute atomic E-state index is 3.59. The highest BCUT2D eigenvalue weighted by atomic mass is 15.1. The van der Waals surface area contributed by atoms with Crippen LogP contribution in [-0.4, -0.2) is 37.1 Å². The van der Waals surface area contributed by atoms with Gasteiger partial charge in [-0.1, -0.05) is 27.7 Å². The van der Waals surface area contributed by atoms with Gasteiger partial charge in [0.15, 0.2) is 0 Å². The first-order chi connectivity index (χ1) is 7.13. The van der Waals surface area contributed by atoms with Crippen molar-refractivity contribution < 1.29 is 0 Å². The summed E-state index contributed by atoms with van der Waals surface area (Å²) in [6.45, 7) is 14.2. The Morgan fingerprint density at radius 1 is 1.40 bits per heavy atom. The van der Waals surface area contributed by atoms with Gasteiger partial charge in [-0.3, -0.25) is 0 Å². The average Bonchev–Trinajstić information content (AvgIpc) is 2.19. The largest absolute Gasteiger partial charge is 0.314 e. The summed E-state index contributed by atoms with van der Waals surface area (Å²) in [5.74, 6) is 1.65. The first kappa shape index (κ1) is 13.0. The highest BCUT2D eigenvalue weighted by molar-refractivity contribution is 4.82. The minimum atomic E-state index is 0.755. The lowest BCUT2D eigenvalue weighted by molar-refractivity contribution is 0.143. The molecule has 1 aliphatic rings. The van der Waals surface area contributed by atoms with Crippen molar-refractivity contribution in [1.29, 1.82) is 0 Å². The minimum absolute atomic E-state index is 0.755. The summed E-state index contributed by atoms with van der Waals surface area (Å²) in [5.41, 5.74) is 0. The lowest BCUT2D eigenvalue weighted by Crippen LogP contribution is -2.48. The molecule has 1 fully saturated rings. The van der Waals surface area contributed by atoms with E-state index in [4.69, 9.17) is 0 Å². The molecule has 2 heteroatoms. The predicted molar refractivity (Wildman–Crippen MR) is 67.1 cm³/mol. The van der Waals surface area contributed by atoms with E-state index < -0.39 is 0 Å². The van der Waals surface area contributed by atoms with Crippen molar-refractivity contribution in [2.45, 2.75) is 46.6 Å². The molecule has 90 valence electrons. The molecule has 1 N–H and O–H groups in total. The van der Waals surface area contributed by atoms with E-state index >= 15 is 0 Å². The lowest BCUT2D eigenvalue weighted by atomic mass is 9.93. The van der Waals surface area contributed by atoms with E-state index in [9.17, 15) is 0 Å². The van der Waals surface area contributed by atoms with Gasteiger partial charge in [0.1, 0.15) is 0 Å². The minimum Gasteiger partial charge on any atom is -0.314 e. The summed E-state index contributed by atoms with van der Waals surface area (Å²) < 4.78 is 0. The van der Waals surface area contributed by atoms with Gasteiger partial charge in [-0.2, -0.15) is 0 Å². The van der Waals surface area contributed by atoms with Crippen molar-refractivity contribution in [2.24, 2.45) is 11.8 Å². The Balaban J connectivity index is 2.24. The molecule has 1 heterocycles. The molecule has 2 unspecified atom stereocenters. The standard InChI is InChI=1S/C13H28N2/c1-5-14-13-7-9-15(10-12(13)4)8-6-11(2)3/h11-14H,5-10H2,1-4H3. The average molecular weight is 212 g/mol. The maximum Gasteiger partial charge on any atom is 0.0117 e. The van der Waals surface area contributed by atoms with Crippen LogP contribution in [0.4, 0.5) is 0 Å². The third-order valence-corrected chi connectivity index (χ3v) is 3.48. The SMILES string of the molecule is CCNC1CCN(CCC(C)C)CC1C. The van der Waals surface area contributed by atoms with Crippen molar-refractivity contribution in [3.8, 4) is 0 Å². The van der Waals surface area contributed by atoms with E-state index in [1.807, 2.05) is 0 Å². The van der Waals surface area contributed by atoms with Crippen LogP contribution in [0, 0.1) is 11.8 Å². The van der Waals surface area contributed by atoms with E-state index in [0.717, 1.165) is 24.4 Å². The molecular formula is C13H28N2. The monoisotopic (exact) mass is 212 g/mol. The molecule has 0 radical (unpaired) electrons. The molecule has 0 aliphatic carbocycles. The number of nitrogens with one attached hydrogen (secondary N) is 1. The summed E-state index contributed by atoms with van der Waals surface area (Å²) in [6, 6.07) is 0.755. The van der Waals surface area contributed by atoms with Crippen molar-refractivity contribution >= 4 is 0 Å². The van der Waals surface area contributed by atoms with E-state index in [1.165, 1.54) is 32.5 Å². The van der Waals surface area contributed by atoms with E-state index in [0.29, 0.717) is 0 Å². The molecule has 15 heavy (non-hydrogen) atoms. The van der Waals surface area contributed by atoms with Gasteiger partial charge < -0.3 is 10.2 Å². The number of likely N-dealkylation sites (tertiary alicyclic amines) is 1. The second-order valence-corrected chi connectivity index (χ2v) is 5.41. The summed E-state index contributed by atoms with van der Waals surface area (Å²) in [5, 5.41) is 3.59. The van der Waals surface area contributed by atoms with Crippen LogP contribution in [0.3, 0.4) is 0 Å². The van der Waals surface area contributed by atoms with Gasteiger partial charge in [-0.15, -0.1) is 0 Å². The maximum atomic E-state index is 3.59. The molecule has 0 aromatic heterocycles. The van der Waals surface area contributed by atoms with Gasteiger partial charge in [0, 0.05) is 12.6 Å². The molecule has 1 saturated heterocycles. The molecule has 0 bridgehead atoms. The number of piperidine rings is 1. The molecule has 0 saturated carbocycles. The Bertz CT molecular complexity index is 168. The van der Waals surface area contributed by atoms with Crippen LogP contribution in [-0.2, 0) is 0 Å². The molecule has 0 aromatic carbocycles. The molecular weight excluding hydrogens is 184 g/mol. The quantitative estimate of drug-likeness (QED) is 0.752. The summed E-state index contributed by atoms with van der Waals surface area (Å²) in [4.78, 5) is 2.64. The van der Waals surface area contributed by atoms with Crippen LogP contribution in [0.15, 0.2) is 0 Å². The van der Waals surface area contributed by atoms with E-state index in [2.05, 4.69) is 37.9 Å². The normalized spacial score (nSPS) is 28.6. The van der Waals surface area contributed by atoms with Gasteiger partial charge in [0.25, 0.3) is 0 Å². The van der Waals surface area contributed by atoms with Crippen LogP contribution in [0.1, 0.15) is 40.5 Å². The Kier molecular flexibility index (Phi) is 5.62. The van der Waals surface area contributed by atoms with Gasteiger partial charge in [0.2, 0.25) is 0 Å². The third kappa shape index (κ3) is 4.52. The topological polar surface area (TPSA) is 15.3 Å². The smallest absolute Gasteiger partial charge is 0.0117 e. The van der Waals surface area contributed by atoms with Crippen LogP contribution in [0.5, 0.6) is 0 Å².